The van der Waals surface area contributed by atoms with Gasteiger partial charge in [0.2, 0.25) is 0 Å². The summed E-state index contributed by atoms with van der Waals surface area (Å²) >= 11 is 0. The quantitative estimate of drug-likeness (QED) is 0.137. The average Bonchev–Trinajstić information content (AvgIpc) is 2.66. The first kappa shape index (κ1) is 27.4. The lowest BCUT2D eigenvalue weighted by atomic mass is 10.1. The van der Waals surface area contributed by atoms with Crippen LogP contribution in [0.15, 0.2) is 12.2 Å². The molecule has 0 saturated carbocycles. The molecule has 28 heavy (non-hydrogen) atoms. The molecule has 4 N–H and O–H groups in total. The van der Waals surface area contributed by atoms with Crippen LogP contribution < -0.4 is 0 Å². The molecule has 0 saturated heterocycles. The van der Waals surface area contributed by atoms with Crippen LogP contribution in [0.1, 0.15) is 65.2 Å². The molecule has 0 fully saturated rings. The summed E-state index contributed by atoms with van der Waals surface area (Å²) in [6.45, 7) is 8.23. The fourth-order valence-corrected chi connectivity index (χ4v) is 2.26. The van der Waals surface area contributed by atoms with Crippen LogP contribution in [-0.4, -0.2) is 72.0 Å². The smallest absolute Gasteiger partial charge is 0.176 e. The van der Waals surface area contributed by atoms with Crippen molar-refractivity contribution in [2.24, 2.45) is 0 Å². The minimum absolute atomic E-state index is 0.112. The van der Waals surface area contributed by atoms with Crippen molar-refractivity contribution in [3.05, 3.63) is 12.2 Å². The molecule has 4 unspecified atom stereocenters. The standard InChI is InChI=1S/C20H40O8/c1-4-5-6-7-9-17(21)25-12-8-13-26-18(22)10-11-19(23)27-14-15-28-20(24)16(2)3/h17-24H,2,4-15H2,1,3H3. The van der Waals surface area contributed by atoms with Gasteiger partial charge in [0.15, 0.2) is 25.2 Å². The van der Waals surface area contributed by atoms with Crippen LogP contribution in [0.4, 0.5) is 0 Å². The van der Waals surface area contributed by atoms with E-state index in [2.05, 4.69) is 13.5 Å². The van der Waals surface area contributed by atoms with Gasteiger partial charge in [-0.25, -0.2) is 0 Å². The average molecular weight is 409 g/mol. The van der Waals surface area contributed by atoms with Gasteiger partial charge in [0.25, 0.3) is 0 Å². The predicted octanol–water partition coefficient (Wildman–Crippen LogP) is 2.04. The van der Waals surface area contributed by atoms with Gasteiger partial charge < -0.3 is 39.4 Å². The van der Waals surface area contributed by atoms with E-state index in [4.69, 9.17) is 18.9 Å². The molecular weight excluding hydrogens is 368 g/mol. The van der Waals surface area contributed by atoms with Crippen molar-refractivity contribution in [3.8, 4) is 0 Å². The molecule has 0 aliphatic carbocycles. The van der Waals surface area contributed by atoms with Gasteiger partial charge in [0, 0.05) is 12.8 Å². The third kappa shape index (κ3) is 17.5. The first-order valence-corrected chi connectivity index (χ1v) is 10.2. The number of unbranched alkanes of at least 4 members (excludes halogenated alkanes) is 3. The van der Waals surface area contributed by atoms with E-state index in [1.54, 1.807) is 6.92 Å². The Kier molecular flexibility index (Phi) is 18.1. The number of hydrogen-bond acceptors (Lipinski definition) is 8. The van der Waals surface area contributed by atoms with Crippen molar-refractivity contribution in [1.82, 2.24) is 0 Å². The van der Waals surface area contributed by atoms with Gasteiger partial charge >= 0.3 is 0 Å². The zero-order valence-electron chi connectivity index (χ0n) is 17.4. The van der Waals surface area contributed by atoms with E-state index in [1.807, 2.05) is 0 Å². The predicted molar refractivity (Wildman–Crippen MR) is 105 cm³/mol. The molecule has 0 aromatic carbocycles. The van der Waals surface area contributed by atoms with Crippen LogP contribution in [0, 0.1) is 0 Å². The van der Waals surface area contributed by atoms with E-state index in [0.29, 0.717) is 31.6 Å². The lowest BCUT2D eigenvalue weighted by Crippen LogP contribution is -2.22. The van der Waals surface area contributed by atoms with Gasteiger partial charge in [-0.05, 0) is 31.8 Å². The minimum Gasteiger partial charge on any atom is -0.368 e. The molecule has 4 atom stereocenters. The van der Waals surface area contributed by atoms with Gasteiger partial charge in [-0.15, -0.1) is 0 Å². The largest absolute Gasteiger partial charge is 0.368 e. The molecule has 168 valence electrons. The summed E-state index contributed by atoms with van der Waals surface area (Å²) in [6, 6.07) is 0. The van der Waals surface area contributed by atoms with Crippen molar-refractivity contribution < 1.29 is 39.4 Å². The van der Waals surface area contributed by atoms with Crippen LogP contribution in [0.25, 0.3) is 0 Å². The van der Waals surface area contributed by atoms with Crippen LogP contribution in [0.2, 0.25) is 0 Å². The van der Waals surface area contributed by atoms with Gasteiger partial charge in [-0.3, -0.25) is 0 Å². The number of rotatable bonds is 20. The van der Waals surface area contributed by atoms with E-state index >= 15 is 0 Å². The second-order valence-electron chi connectivity index (χ2n) is 6.83. The van der Waals surface area contributed by atoms with Crippen LogP contribution in [0.5, 0.6) is 0 Å². The third-order valence-corrected chi connectivity index (χ3v) is 3.97. The van der Waals surface area contributed by atoms with Crippen molar-refractivity contribution in [2.75, 3.05) is 26.4 Å². The van der Waals surface area contributed by atoms with Crippen LogP contribution >= 0.6 is 0 Å². The van der Waals surface area contributed by atoms with E-state index in [0.717, 1.165) is 19.3 Å². The second kappa shape index (κ2) is 18.4. The molecule has 8 nitrogen and oxygen atoms in total. The summed E-state index contributed by atoms with van der Waals surface area (Å²) in [5.41, 5.74) is 0.493. The fraction of sp³-hybridized carbons (Fsp3) is 0.900. The van der Waals surface area contributed by atoms with Gasteiger partial charge in [-0.1, -0.05) is 32.8 Å². The Morgan fingerprint density at radius 1 is 0.679 bits per heavy atom. The van der Waals surface area contributed by atoms with Crippen molar-refractivity contribution in [3.63, 3.8) is 0 Å². The molecule has 0 aliphatic rings. The number of aliphatic hydroxyl groups is 4. The lowest BCUT2D eigenvalue weighted by Gasteiger charge is -2.17. The first-order chi connectivity index (χ1) is 13.4. The molecule has 0 bridgehead atoms. The summed E-state index contributed by atoms with van der Waals surface area (Å²) in [5.74, 6) is 0. The van der Waals surface area contributed by atoms with E-state index < -0.39 is 25.2 Å². The first-order valence-electron chi connectivity index (χ1n) is 10.2. The summed E-state index contributed by atoms with van der Waals surface area (Å²) in [4.78, 5) is 0. The molecule has 8 heteroatoms. The van der Waals surface area contributed by atoms with Gasteiger partial charge in [0.05, 0.1) is 26.4 Å². The second-order valence-corrected chi connectivity index (χ2v) is 6.83. The molecule has 0 aromatic heterocycles. The maximum Gasteiger partial charge on any atom is 0.176 e. The molecular formula is C20H40O8. The molecule has 0 heterocycles. The highest BCUT2D eigenvalue weighted by molar-refractivity contribution is 4.91. The van der Waals surface area contributed by atoms with Crippen molar-refractivity contribution in [2.45, 2.75) is 90.4 Å². The summed E-state index contributed by atoms with van der Waals surface area (Å²) < 4.78 is 20.7. The van der Waals surface area contributed by atoms with E-state index in [-0.39, 0.29) is 26.1 Å². The number of hydrogen-bond donors (Lipinski definition) is 4. The normalized spacial score (nSPS) is 15.9. The van der Waals surface area contributed by atoms with Crippen LogP contribution in [0.3, 0.4) is 0 Å². The Morgan fingerprint density at radius 3 is 1.71 bits per heavy atom. The SMILES string of the molecule is C=C(C)C(O)OCCOC(O)CCC(O)OCCCOC(O)CCCCCC. The maximum atomic E-state index is 9.73. The molecule has 0 spiro atoms. The molecule has 0 aromatic rings. The highest BCUT2D eigenvalue weighted by atomic mass is 16.6. The van der Waals surface area contributed by atoms with E-state index in [1.165, 1.54) is 6.42 Å². The van der Waals surface area contributed by atoms with Crippen molar-refractivity contribution in [1.29, 1.82) is 0 Å². The topological polar surface area (TPSA) is 118 Å². The molecule has 0 amide bonds. The summed E-state index contributed by atoms with van der Waals surface area (Å²) in [5, 5.41) is 38.4. The third-order valence-electron chi connectivity index (χ3n) is 3.97. The molecule has 0 rings (SSSR count). The van der Waals surface area contributed by atoms with E-state index in [9.17, 15) is 20.4 Å². The minimum atomic E-state index is -1.05. The Hall–Kier alpha value is -0.580. The Labute approximate surface area is 169 Å². The zero-order chi connectivity index (χ0) is 21.2. The number of aliphatic hydroxyl groups excluding tert-OH is 4. The highest BCUT2D eigenvalue weighted by Gasteiger charge is 2.11. The summed E-state index contributed by atoms with van der Waals surface area (Å²) in [6.07, 6.45) is 2.18. The molecule has 0 aliphatic heterocycles. The monoisotopic (exact) mass is 408 g/mol. The zero-order valence-corrected chi connectivity index (χ0v) is 17.4. The lowest BCUT2D eigenvalue weighted by molar-refractivity contribution is -0.157. The maximum absolute atomic E-state index is 9.73. The van der Waals surface area contributed by atoms with Crippen molar-refractivity contribution >= 4 is 0 Å². The van der Waals surface area contributed by atoms with Gasteiger partial charge in [-0.2, -0.15) is 0 Å². The fourth-order valence-electron chi connectivity index (χ4n) is 2.26. The Morgan fingerprint density at radius 2 is 1.18 bits per heavy atom. The van der Waals surface area contributed by atoms with Gasteiger partial charge in [0.1, 0.15) is 0 Å². The molecule has 0 radical (unpaired) electrons. The Bertz CT molecular complexity index is 366. The van der Waals surface area contributed by atoms with Crippen LogP contribution in [-0.2, 0) is 18.9 Å². The Balaban J connectivity index is 3.51. The number of ether oxygens (including phenoxy) is 4. The summed E-state index contributed by atoms with van der Waals surface area (Å²) in [7, 11) is 0. The highest BCUT2D eigenvalue weighted by Crippen LogP contribution is 2.08.